The molecule has 0 bridgehead atoms. The van der Waals surface area contributed by atoms with Gasteiger partial charge in [-0.25, -0.2) is 14.2 Å². The third-order valence-electron chi connectivity index (χ3n) is 6.83. The summed E-state index contributed by atoms with van der Waals surface area (Å²) in [6, 6.07) is 1.37. The third kappa shape index (κ3) is 2.87. The predicted molar refractivity (Wildman–Crippen MR) is 104 cm³/mol. The SMILES string of the molecule is C[C@]12CCN(c3nc4c(cc3F)c(=O)c(OC(=O)O)cn4C3CC3)C[C@H]1[C@@H](N)C2. The van der Waals surface area contributed by atoms with Crippen LogP contribution in [0.3, 0.4) is 0 Å². The molecule has 9 heteroatoms. The van der Waals surface area contributed by atoms with Gasteiger partial charge in [0.2, 0.25) is 5.43 Å². The standard InChI is InChI=1S/C20H23FN4O4/c1-20-4-5-24(8-12(20)14(22)7-20)18-13(21)6-11-16(26)15(29-19(27)28)9-25(10-2-3-10)17(11)23-18/h6,9-10,12,14H,2-5,7-8,22H2,1H3,(H,27,28)/t12-,14-,20+/m0/s1. The molecule has 2 saturated carbocycles. The smallest absolute Gasteiger partial charge is 0.449 e. The van der Waals surface area contributed by atoms with E-state index >= 15 is 4.39 Å². The van der Waals surface area contributed by atoms with E-state index in [0.29, 0.717) is 24.7 Å². The van der Waals surface area contributed by atoms with Gasteiger partial charge in [-0.3, -0.25) is 4.79 Å². The second-order valence-electron chi connectivity index (χ2n) is 8.82. The molecule has 2 aromatic rings. The second-order valence-corrected chi connectivity index (χ2v) is 8.82. The van der Waals surface area contributed by atoms with Crippen LogP contribution in [0.1, 0.15) is 38.6 Å². The highest BCUT2D eigenvalue weighted by atomic mass is 19.1. The van der Waals surface area contributed by atoms with E-state index in [-0.39, 0.29) is 34.5 Å². The van der Waals surface area contributed by atoms with E-state index in [1.165, 1.54) is 6.20 Å². The number of carbonyl (C=O) groups is 1. The molecule has 2 aliphatic carbocycles. The Labute approximate surface area is 166 Å². The van der Waals surface area contributed by atoms with Gasteiger partial charge in [-0.15, -0.1) is 0 Å². The van der Waals surface area contributed by atoms with Crippen LogP contribution in [0.4, 0.5) is 15.0 Å². The number of nitrogens with two attached hydrogens (primary N) is 1. The van der Waals surface area contributed by atoms with E-state index in [9.17, 15) is 9.59 Å². The van der Waals surface area contributed by atoms with Crippen LogP contribution in [0.15, 0.2) is 17.1 Å². The lowest BCUT2D eigenvalue weighted by molar-refractivity contribution is 0.00277. The molecule has 0 unspecified atom stereocenters. The van der Waals surface area contributed by atoms with Crippen molar-refractivity contribution in [3.05, 3.63) is 28.3 Å². The van der Waals surface area contributed by atoms with E-state index in [1.54, 1.807) is 4.57 Å². The molecule has 5 rings (SSSR count). The number of nitrogens with zero attached hydrogens (tertiary/aromatic N) is 3. The molecule has 0 radical (unpaired) electrons. The summed E-state index contributed by atoms with van der Waals surface area (Å²) < 4.78 is 21.4. The normalized spacial score (nSPS) is 28.7. The minimum atomic E-state index is -1.58. The minimum absolute atomic E-state index is 0.0269. The fourth-order valence-corrected chi connectivity index (χ4v) is 4.98. The maximum atomic E-state index is 15.0. The van der Waals surface area contributed by atoms with Gasteiger partial charge in [-0.05, 0) is 43.1 Å². The van der Waals surface area contributed by atoms with E-state index < -0.39 is 17.4 Å². The molecule has 0 amide bonds. The van der Waals surface area contributed by atoms with Crippen molar-refractivity contribution < 1.29 is 19.0 Å². The molecule has 0 aromatic carbocycles. The first-order chi connectivity index (χ1) is 13.8. The molecule has 29 heavy (non-hydrogen) atoms. The number of halogens is 1. The van der Waals surface area contributed by atoms with Crippen LogP contribution in [0.25, 0.3) is 11.0 Å². The summed E-state index contributed by atoms with van der Waals surface area (Å²) in [6.45, 7) is 3.56. The summed E-state index contributed by atoms with van der Waals surface area (Å²) in [4.78, 5) is 30.0. The summed E-state index contributed by atoms with van der Waals surface area (Å²) in [5.74, 6) is -0.412. The highest BCUT2D eigenvalue weighted by Gasteiger charge is 2.51. The minimum Gasteiger partial charge on any atom is -0.449 e. The fourth-order valence-electron chi connectivity index (χ4n) is 4.98. The number of ether oxygens (including phenoxy) is 1. The molecule has 3 atom stereocenters. The van der Waals surface area contributed by atoms with E-state index in [4.69, 9.17) is 10.8 Å². The number of anilines is 1. The molecule has 3 heterocycles. The zero-order valence-corrected chi connectivity index (χ0v) is 16.1. The van der Waals surface area contributed by atoms with E-state index in [1.807, 2.05) is 4.90 Å². The molecule has 0 spiro atoms. The molecule has 3 fully saturated rings. The van der Waals surface area contributed by atoms with Crippen molar-refractivity contribution in [2.75, 3.05) is 18.0 Å². The molecule has 2 aromatic heterocycles. The van der Waals surface area contributed by atoms with Gasteiger partial charge in [0.25, 0.3) is 0 Å². The number of fused-ring (bicyclic) bond motifs is 2. The molecule has 3 N–H and O–H groups in total. The average Bonchev–Trinajstić information content (AvgIpc) is 3.48. The van der Waals surface area contributed by atoms with Crippen LogP contribution >= 0.6 is 0 Å². The van der Waals surface area contributed by atoms with Crippen LogP contribution in [-0.4, -0.2) is 39.9 Å². The molecular formula is C20H23FN4O4. The third-order valence-corrected chi connectivity index (χ3v) is 6.83. The topological polar surface area (TPSA) is 111 Å². The number of aromatic nitrogens is 2. The highest BCUT2D eigenvalue weighted by Crippen LogP contribution is 2.51. The van der Waals surface area contributed by atoms with Gasteiger partial charge in [0.15, 0.2) is 17.4 Å². The first-order valence-electron chi connectivity index (χ1n) is 9.93. The van der Waals surface area contributed by atoms with Gasteiger partial charge in [0, 0.05) is 25.2 Å². The number of hydrogen-bond donors (Lipinski definition) is 2. The number of rotatable bonds is 3. The number of carboxylic acid groups (broad SMARTS) is 1. The molecule has 1 aliphatic heterocycles. The Kier molecular flexibility index (Phi) is 3.90. The Bertz CT molecular complexity index is 1080. The van der Waals surface area contributed by atoms with Gasteiger partial charge in [0.1, 0.15) is 5.65 Å². The monoisotopic (exact) mass is 402 g/mol. The van der Waals surface area contributed by atoms with Crippen LogP contribution in [0.2, 0.25) is 0 Å². The average molecular weight is 402 g/mol. The summed E-state index contributed by atoms with van der Waals surface area (Å²) in [5, 5.41) is 8.92. The van der Waals surface area contributed by atoms with Crippen molar-refractivity contribution in [2.45, 2.75) is 44.7 Å². The lowest BCUT2D eigenvalue weighted by atomic mass is 9.55. The van der Waals surface area contributed by atoms with Gasteiger partial charge in [0.05, 0.1) is 11.6 Å². The molecule has 154 valence electrons. The maximum Gasteiger partial charge on any atom is 0.511 e. The largest absolute Gasteiger partial charge is 0.511 e. The number of piperidine rings is 1. The van der Waals surface area contributed by atoms with Gasteiger partial charge in [-0.2, -0.15) is 0 Å². The van der Waals surface area contributed by atoms with Crippen molar-refractivity contribution in [1.82, 2.24) is 9.55 Å². The quantitative estimate of drug-likeness (QED) is 0.759. The molecule has 3 aliphatic rings. The van der Waals surface area contributed by atoms with Gasteiger partial charge in [-0.1, -0.05) is 6.92 Å². The Balaban J connectivity index is 1.60. The zero-order valence-electron chi connectivity index (χ0n) is 16.1. The first-order valence-corrected chi connectivity index (χ1v) is 9.93. The fraction of sp³-hybridized carbons (Fsp3) is 0.550. The Morgan fingerprint density at radius 2 is 2.21 bits per heavy atom. The molecule has 8 nitrogen and oxygen atoms in total. The Morgan fingerprint density at radius 3 is 2.86 bits per heavy atom. The Hall–Kier alpha value is -2.68. The lowest BCUT2D eigenvalue weighted by Crippen LogP contribution is -2.62. The van der Waals surface area contributed by atoms with Crippen LogP contribution < -0.4 is 20.8 Å². The molecular weight excluding hydrogens is 379 g/mol. The van der Waals surface area contributed by atoms with Crippen LogP contribution in [0, 0.1) is 17.2 Å². The second kappa shape index (κ2) is 6.16. The van der Waals surface area contributed by atoms with Crippen molar-refractivity contribution in [3.63, 3.8) is 0 Å². The molecule has 1 saturated heterocycles. The predicted octanol–water partition coefficient (Wildman–Crippen LogP) is 2.49. The lowest BCUT2D eigenvalue weighted by Gasteiger charge is -2.57. The summed E-state index contributed by atoms with van der Waals surface area (Å²) in [6.07, 6.45) is 3.48. The Morgan fingerprint density at radius 1 is 1.45 bits per heavy atom. The van der Waals surface area contributed by atoms with Crippen LogP contribution in [0.5, 0.6) is 5.75 Å². The van der Waals surface area contributed by atoms with Crippen molar-refractivity contribution >= 4 is 23.0 Å². The number of hydrogen-bond acceptors (Lipinski definition) is 6. The van der Waals surface area contributed by atoms with Crippen LogP contribution in [-0.2, 0) is 0 Å². The maximum absolute atomic E-state index is 15.0. The summed E-state index contributed by atoms with van der Waals surface area (Å²) >= 11 is 0. The van der Waals surface area contributed by atoms with Crippen molar-refractivity contribution in [3.8, 4) is 5.75 Å². The summed E-state index contributed by atoms with van der Waals surface area (Å²) in [7, 11) is 0. The zero-order chi connectivity index (χ0) is 20.5. The van der Waals surface area contributed by atoms with Gasteiger partial charge < -0.3 is 25.0 Å². The van der Waals surface area contributed by atoms with E-state index in [2.05, 4.69) is 16.6 Å². The van der Waals surface area contributed by atoms with Gasteiger partial charge >= 0.3 is 6.16 Å². The van der Waals surface area contributed by atoms with Crippen molar-refractivity contribution in [2.24, 2.45) is 17.1 Å². The highest BCUT2D eigenvalue weighted by molar-refractivity contribution is 5.80. The number of pyridine rings is 2. The van der Waals surface area contributed by atoms with Crippen molar-refractivity contribution in [1.29, 1.82) is 0 Å². The van der Waals surface area contributed by atoms with E-state index in [0.717, 1.165) is 31.7 Å². The summed E-state index contributed by atoms with van der Waals surface area (Å²) in [5.41, 5.74) is 6.08. The first kappa shape index (κ1) is 18.4.